The number of carbonyl (C=O) groups is 2. The Hall–Kier alpha value is -2.40. The van der Waals surface area contributed by atoms with Gasteiger partial charge in [-0.15, -0.1) is 0 Å². The van der Waals surface area contributed by atoms with Crippen LogP contribution >= 0.6 is 11.6 Å². The van der Waals surface area contributed by atoms with Crippen molar-refractivity contribution in [2.24, 2.45) is 0 Å². The molecule has 27 heavy (non-hydrogen) atoms. The van der Waals surface area contributed by atoms with Gasteiger partial charge in [0.25, 0.3) is 11.8 Å². The Kier molecular flexibility index (Phi) is 5.80. The molecule has 3 rings (SSSR count). The average Bonchev–Trinajstić information content (AvgIpc) is 3.21. The fourth-order valence-electron chi connectivity index (χ4n) is 2.49. The number of halogens is 1. The lowest BCUT2D eigenvalue weighted by atomic mass is 10.2. The van der Waals surface area contributed by atoms with Gasteiger partial charge in [0.1, 0.15) is 10.6 Å². The van der Waals surface area contributed by atoms with E-state index in [4.69, 9.17) is 16.3 Å². The summed E-state index contributed by atoms with van der Waals surface area (Å²) in [6.07, 6.45) is 1.57. The maximum atomic E-state index is 12.8. The van der Waals surface area contributed by atoms with Gasteiger partial charge in [0.15, 0.2) is 0 Å². The summed E-state index contributed by atoms with van der Waals surface area (Å²) in [5.41, 5.74) is 4.78. The largest absolute Gasteiger partial charge is 0.379 e. The molecule has 2 aromatic rings. The first kappa shape index (κ1) is 19.4. The summed E-state index contributed by atoms with van der Waals surface area (Å²) in [5, 5.41) is 0.00784. The van der Waals surface area contributed by atoms with E-state index in [0.29, 0.717) is 13.2 Å². The van der Waals surface area contributed by atoms with E-state index < -0.39 is 21.8 Å². The van der Waals surface area contributed by atoms with Crippen molar-refractivity contribution in [1.82, 2.24) is 20.1 Å². The van der Waals surface area contributed by atoms with Crippen molar-refractivity contribution in [2.45, 2.75) is 4.90 Å². The number of aromatic amines is 1. The highest BCUT2D eigenvalue weighted by Gasteiger charge is 2.29. The van der Waals surface area contributed by atoms with Crippen LogP contribution in [0.1, 0.15) is 20.8 Å². The van der Waals surface area contributed by atoms with Crippen molar-refractivity contribution in [3.63, 3.8) is 0 Å². The molecule has 2 amide bonds. The summed E-state index contributed by atoms with van der Waals surface area (Å²) in [7, 11) is -3.87. The number of nitrogens with zero attached hydrogens (tertiary/aromatic N) is 1. The van der Waals surface area contributed by atoms with Gasteiger partial charge in [-0.1, -0.05) is 11.6 Å². The summed E-state index contributed by atoms with van der Waals surface area (Å²) >= 11 is 6.06. The molecule has 0 bridgehead atoms. The third kappa shape index (κ3) is 4.30. The molecule has 1 fully saturated rings. The number of aromatic nitrogens is 1. The molecule has 1 aromatic heterocycles. The third-order valence-corrected chi connectivity index (χ3v) is 6.29. The van der Waals surface area contributed by atoms with E-state index in [1.807, 2.05) is 0 Å². The van der Waals surface area contributed by atoms with Crippen LogP contribution in [0.2, 0.25) is 5.02 Å². The first-order chi connectivity index (χ1) is 12.9. The number of hydrazine groups is 1. The molecule has 1 aromatic carbocycles. The van der Waals surface area contributed by atoms with Gasteiger partial charge in [0.05, 0.1) is 18.2 Å². The zero-order chi connectivity index (χ0) is 19.4. The number of carbonyl (C=O) groups excluding carboxylic acids is 2. The monoisotopic (exact) mass is 412 g/mol. The second-order valence-corrected chi connectivity index (χ2v) is 7.97. The molecule has 1 aliphatic rings. The van der Waals surface area contributed by atoms with Crippen molar-refractivity contribution in [3.05, 3.63) is 52.8 Å². The number of ether oxygens (including phenoxy) is 1. The van der Waals surface area contributed by atoms with Gasteiger partial charge in [0, 0.05) is 24.8 Å². The molecular weight excluding hydrogens is 396 g/mol. The summed E-state index contributed by atoms with van der Waals surface area (Å²) in [6.45, 7) is 1.01. The Morgan fingerprint density at radius 3 is 2.48 bits per heavy atom. The van der Waals surface area contributed by atoms with Crippen molar-refractivity contribution < 1.29 is 22.7 Å². The fourth-order valence-corrected chi connectivity index (χ4v) is 4.40. The second kappa shape index (κ2) is 8.09. The summed E-state index contributed by atoms with van der Waals surface area (Å²) in [6, 6.07) is 7.06. The topological polar surface area (TPSA) is 121 Å². The molecule has 11 heteroatoms. The van der Waals surface area contributed by atoms with Crippen LogP contribution in [0.3, 0.4) is 0 Å². The minimum atomic E-state index is -3.87. The number of amides is 2. The smallest absolute Gasteiger partial charge is 0.286 e. The number of rotatable bonds is 4. The third-order valence-electron chi connectivity index (χ3n) is 3.91. The first-order valence-corrected chi connectivity index (χ1v) is 9.83. The van der Waals surface area contributed by atoms with Crippen LogP contribution in [0, 0.1) is 0 Å². The molecule has 144 valence electrons. The van der Waals surface area contributed by atoms with E-state index in [0.717, 1.165) is 0 Å². The molecule has 0 spiro atoms. The highest BCUT2D eigenvalue weighted by Crippen LogP contribution is 2.26. The van der Waals surface area contributed by atoms with Gasteiger partial charge in [-0.2, -0.15) is 4.31 Å². The maximum absolute atomic E-state index is 12.8. The van der Waals surface area contributed by atoms with Gasteiger partial charge >= 0.3 is 0 Å². The summed E-state index contributed by atoms with van der Waals surface area (Å²) < 4.78 is 32.0. The average molecular weight is 413 g/mol. The number of sulfonamides is 1. The van der Waals surface area contributed by atoms with Crippen LogP contribution in [-0.4, -0.2) is 55.8 Å². The maximum Gasteiger partial charge on any atom is 0.286 e. The first-order valence-electron chi connectivity index (χ1n) is 8.01. The molecule has 3 N–H and O–H groups in total. The molecule has 1 aliphatic heterocycles. The minimum Gasteiger partial charge on any atom is -0.379 e. The summed E-state index contributed by atoms with van der Waals surface area (Å²) in [4.78, 5) is 26.6. The standard InChI is InChI=1S/C16H17ClN4O5S/c17-12-4-3-11(15(22)19-20-16(23)13-2-1-5-18-13)10-14(12)27(24,25)21-6-8-26-9-7-21/h1-5,10,18H,6-9H2,(H,19,22)(H,20,23). The van der Waals surface area contributed by atoms with Crippen LogP contribution in [0.5, 0.6) is 0 Å². The van der Waals surface area contributed by atoms with Gasteiger partial charge in [0.2, 0.25) is 10.0 Å². The number of H-pyrrole nitrogens is 1. The number of benzene rings is 1. The molecule has 1 saturated heterocycles. The normalized spacial score (nSPS) is 15.3. The molecule has 0 radical (unpaired) electrons. The molecule has 9 nitrogen and oxygen atoms in total. The minimum absolute atomic E-state index is 0.00784. The lowest BCUT2D eigenvalue weighted by molar-refractivity contribution is 0.0730. The molecular formula is C16H17ClN4O5S. The SMILES string of the molecule is O=C(NNC(=O)c1ccc[nH]1)c1ccc(Cl)c(S(=O)(=O)N2CCOCC2)c1. The zero-order valence-corrected chi connectivity index (χ0v) is 15.6. The molecule has 0 atom stereocenters. The van der Waals surface area contributed by atoms with E-state index in [2.05, 4.69) is 15.8 Å². The van der Waals surface area contributed by atoms with Crippen molar-refractivity contribution >= 4 is 33.4 Å². The predicted molar refractivity (Wildman–Crippen MR) is 96.8 cm³/mol. The highest BCUT2D eigenvalue weighted by atomic mass is 35.5. The number of nitrogens with one attached hydrogen (secondary N) is 3. The summed E-state index contributed by atoms with van der Waals surface area (Å²) in [5.74, 6) is -1.21. The zero-order valence-electron chi connectivity index (χ0n) is 14.1. The van der Waals surface area contributed by atoms with Crippen molar-refractivity contribution in [1.29, 1.82) is 0 Å². The number of morpholine rings is 1. The van der Waals surface area contributed by atoms with Crippen LogP contribution in [0.4, 0.5) is 0 Å². The second-order valence-electron chi connectivity index (χ2n) is 5.65. The van der Waals surface area contributed by atoms with E-state index in [1.54, 1.807) is 12.3 Å². The van der Waals surface area contributed by atoms with E-state index in [-0.39, 0.29) is 34.3 Å². The van der Waals surface area contributed by atoms with Crippen molar-refractivity contribution in [3.8, 4) is 0 Å². The fraction of sp³-hybridized carbons (Fsp3) is 0.250. The van der Waals surface area contributed by atoms with Crippen LogP contribution in [0.15, 0.2) is 41.4 Å². The molecule has 2 heterocycles. The van der Waals surface area contributed by atoms with Crippen molar-refractivity contribution in [2.75, 3.05) is 26.3 Å². The van der Waals surface area contributed by atoms with Crippen LogP contribution in [-0.2, 0) is 14.8 Å². The molecule has 0 aliphatic carbocycles. The van der Waals surface area contributed by atoms with Crippen LogP contribution < -0.4 is 10.9 Å². The van der Waals surface area contributed by atoms with Gasteiger partial charge < -0.3 is 9.72 Å². The predicted octanol–water partition coefficient (Wildman–Crippen LogP) is 0.764. The lowest BCUT2D eigenvalue weighted by Crippen LogP contribution is -2.42. The quantitative estimate of drug-likeness (QED) is 0.640. The van der Waals surface area contributed by atoms with Crippen LogP contribution in [0.25, 0.3) is 0 Å². The van der Waals surface area contributed by atoms with E-state index in [9.17, 15) is 18.0 Å². The lowest BCUT2D eigenvalue weighted by Gasteiger charge is -2.26. The van der Waals surface area contributed by atoms with Gasteiger partial charge in [-0.25, -0.2) is 8.42 Å². The highest BCUT2D eigenvalue weighted by molar-refractivity contribution is 7.89. The van der Waals surface area contributed by atoms with E-state index in [1.165, 1.54) is 28.6 Å². The molecule has 0 saturated carbocycles. The Morgan fingerprint density at radius 1 is 1.11 bits per heavy atom. The van der Waals surface area contributed by atoms with E-state index >= 15 is 0 Å². The number of hydrogen-bond acceptors (Lipinski definition) is 5. The Labute approximate surface area is 160 Å². The molecule has 0 unspecified atom stereocenters. The Balaban J connectivity index is 1.76. The Morgan fingerprint density at radius 2 is 1.81 bits per heavy atom. The van der Waals surface area contributed by atoms with Gasteiger partial charge in [-0.05, 0) is 30.3 Å². The van der Waals surface area contributed by atoms with Gasteiger partial charge in [-0.3, -0.25) is 20.4 Å². The number of hydrogen-bond donors (Lipinski definition) is 3. The Bertz CT molecular complexity index is 940.